The van der Waals surface area contributed by atoms with E-state index in [0.29, 0.717) is 0 Å². The number of likely N-dealkylation sites (N-methyl/N-ethyl adjacent to an activating group) is 1. The Kier molecular flexibility index (Phi) is 4.79. The Labute approximate surface area is 131 Å². The monoisotopic (exact) mass is 310 g/mol. The zero-order valence-electron chi connectivity index (χ0n) is 13.1. The third kappa shape index (κ3) is 4.90. The van der Waals surface area contributed by atoms with Gasteiger partial charge >= 0.3 is 6.09 Å². The van der Waals surface area contributed by atoms with E-state index in [1.165, 1.54) is 11.1 Å². The standard InChI is InChI=1S/C16H23ClN2O2/c1-16(2,3)21-15(20)18-14-8-12-7-13(17)6-5-11(12)9-19(4)10-14/h5-7,14H,8-10H2,1-4H3,(H,18,20). The van der Waals surface area contributed by atoms with Gasteiger partial charge in [0.15, 0.2) is 0 Å². The molecule has 0 saturated carbocycles. The number of hydrogen-bond donors (Lipinski definition) is 1. The van der Waals surface area contributed by atoms with Crippen molar-refractivity contribution in [2.75, 3.05) is 13.6 Å². The highest BCUT2D eigenvalue weighted by Crippen LogP contribution is 2.22. The number of nitrogens with one attached hydrogen (secondary N) is 1. The maximum atomic E-state index is 11.9. The van der Waals surface area contributed by atoms with E-state index in [2.05, 4.69) is 16.3 Å². The summed E-state index contributed by atoms with van der Waals surface area (Å²) >= 11 is 6.08. The molecule has 1 unspecified atom stereocenters. The van der Waals surface area contributed by atoms with Gasteiger partial charge in [-0.05, 0) is 57.5 Å². The third-order valence-electron chi connectivity index (χ3n) is 3.33. The van der Waals surface area contributed by atoms with Crippen molar-refractivity contribution in [1.82, 2.24) is 10.2 Å². The molecule has 116 valence electrons. The summed E-state index contributed by atoms with van der Waals surface area (Å²) < 4.78 is 5.33. The molecule has 1 atom stereocenters. The number of hydrogen-bond acceptors (Lipinski definition) is 3. The van der Waals surface area contributed by atoms with Gasteiger partial charge in [-0.2, -0.15) is 0 Å². The maximum Gasteiger partial charge on any atom is 0.407 e. The Morgan fingerprint density at radius 1 is 1.38 bits per heavy atom. The fraction of sp³-hybridized carbons (Fsp3) is 0.562. The quantitative estimate of drug-likeness (QED) is 0.866. The van der Waals surface area contributed by atoms with Gasteiger partial charge in [-0.25, -0.2) is 4.79 Å². The minimum atomic E-state index is -0.484. The van der Waals surface area contributed by atoms with Crippen molar-refractivity contribution in [2.24, 2.45) is 0 Å². The van der Waals surface area contributed by atoms with Gasteiger partial charge in [0.25, 0.3) is 0 Å². The molecule has 1 aliphatic heterocycles. The largest absolute Gasteiger partial charge is 0.444 e. The molecule has 2 rings (SSSR count). The van der Waals surface area contributed by atoms with Gasteiger partial charge in [0.2, 0.25) is 0 Å². The summed E-state index contributed by atoms with van der Waals surface area (Å²) in [6, 6.07) is 5.98. The predicted molar refractivity (Wildman–Crippen MR) is 84.6 cm³/mol. The van der Waals surface area contributed by atoms with Crippen molar-refractivity contribution < 1.29 is 9.53 Å². The van der Waals surface area contributed by atoms with Gasteiger partial charge in [0.05, 0.1) is 0 Å². The molecule has 1 heterocycles. The molecule has 1 N–H and O–H groups in total. The second-order valence-corrected chi connectivity index (χ2v) is 7.09. The molecule has 0 saturated heterocycles. The van der Waals surface area contributed by atoms with E-state index in [1.807, 2.05) is 40.0 Å². The van der Waals surface area contributed by atoms with Crippen molar-refractivity contribution in [1.29, 1.82) is 0 Å². The highest BCUT2D eigenvalue weighted by Gasteiger charge is 2.24. The first kappa shape index (κ1) is 16.1. The average molecular weight is 311 g/mol. The highest BCUT2D eigenvalue weighted by molar-refractivity contribution is 6.30. The summed E-state index contributed by atoms with van der Waals surface area (Å²) in [5.41, 5.74) is 1.96. The molecular formula is C16H23ClN2O2. The second kappa shape index (κ2) is 6.24. The van der Waals surface area contributed by atoms with Crippen molar-refractivity contribution in [2.45, 2.75) is 45.4 Å². The molecule has 0 bridgehead atoms. The molecule has 0 fully saturated rings. The molecule has 1 amide bonds. The Bertz CT molecular complexity index is 525. The molecule has 0 aromatic heterocycles. The second-order valence-electron chi connectivity index (χ2n) is 6.66. The minimum Gasteiger partial charge on any atom is -0.444 e. The number of nitrogens with zero attached hydrogens (tertiary/aromatic N) is 1. The van der Waals surface area contributed by atoms with E-state index in [9.17, 15) is 4.79 Å². The lowest BCUT2D eigenvalue weighted by atomic mass is 10.0. The zero-order valence-corrected chi connectivity index (χ0v) is 13.8. The van der Waals surface area contributed by atoms with Crippen LogP contribution in [-0.2, 0) is 17.7 Å². The number of amides is 1. The number of carbonyl (C=O) groups excluding carboxylic acids is 1. The Hall–Kier alpha value is -1.26. The van der Waals surface area contributed by atoms with Crippen LogP contribution < -0.4 is 5.32 Å². The number of benzene rings is 1. The summed E-state index contributed by atoms with van der Waals surface area (Å²) in [6.45, 7) is 7.23. The van der Waals surface area contributed by atoms with Crippen molar-refractivity contribution >= 4 is 17.7 Å². The van der Waals surface area contributed by atoms with Crippen LogP contribution in [0.1, 0.15) is 31.9 Å². The lowest BCUT2D eigenvalue weighted by molar-refractivity contribution is 0.0496. The molecular weight excluding hydrogens is 288 g/mol. The number of ether oxygens (including phenoxy) is 1. The first-order chi connectivity index (χ1) is 9.73. The first-order valence-corrected chi connectivity index (χ1v) is 7.56. The van der Waals surface area contributed by atoms with Crippen LogP contribution in [0.15, 0.2) is 18.2 Å². The predicted octanol–water partition coefficient (Wildman–Crippen LogP) is 3.22. The van der Waals surface area contributed by atoms with E-state index < -0.39 is 5.60 Å². The smallest absolute Gasteiger partial charge is 0.407 e. The van der Waals surface area contributed by atoms with Gasteiger partial charge in [-0.15, -0.1) is 0 Å². The Morgan fingerprint density at radius 2 is 2.10 bits per heavy atom. The fourth-order valence-corrected chi connectivity index (χ4v) is 2.77. The van der Waals surface area contributed by atoms with Crippen LogP contribution in [-0.4, -0.2) is 36.2 Å². The number of carbonyl (C=O) groups is 1. The Balaban J connectivity index is 2.09. The van der Waals surface area contributed by atoms with Crippen LogP contribution in [0, 0.1) is 0 Å². The summed E-state index contributed by atoms with van der Waals surface area (Å²) in [6.07, 6.45) is 0.394. The summed E-state index contributed by atoms with van der Waals surface area (Å²) in [4.78, 5) is 14.1. The van der Waals surface area contributed by atoms with Crippen LogP contribution in [0.4, 0.5) is 4.79 Å². The van der Waals surface area contributed by atoms with E-state index in [-0.39, 0.29) is 12.1 Å². The SMILES string of the molecule is CN1Cc2ccc(Cl)cc2CC(NC(=O)OC(C)(C)C)C1. The van der Waals surface area contributed by atoms with Crippen molar-refractivity contribution in [3.05, 3.63) is 34.3 Å². The number of fused-ring (bicyclic) bond motifs is 1. The van der Waals surface area contributed by atoms with E-state index in [4.69, 9.17) is 16.3 Å². The van der Waals surface area contributed by atoms with E-state index in [1.54, 1.807) is 0 Å². The molecule has 1 aliphatic rings. The zero-order chi connectivity index (χ0) is 15.6. The van der Waals surface area contributed by atoms with Crippen molar-refractivity contribution in [3.8, 4) is 0 Å². The topological polar surface area (TPSA) is 41.6 Å². The molecule has 1 aromatic rings. The van der Waals surface area contributed by atoms with E-state index >= 15 is 0 Å². The Morgan fingerprint density at radius 3 is 2.76 bits per heavy atom. The van der Waals surface area contributed by atoms with Crippen LogP contribution in [0.5, 0.6) is 0 Å². The molecule has 0 aliphatic carbocycles. The van der Waals surface area contributed by atoms with Gasteiger partial charge in [-0.3, -0.25) is 0 Å². The molecule has 4 nitrogen and oxygen atoms in total. The summed E-state index contributed by atoms with van der Waals surface area (Å²) in [7, 11) is 2.05. The normalized spacial score (nSPS) is 19.6. The van der Waals surface area contributed by atoms with Crippen LogP contribution in [0.25, 0.3) is 0 Å². The van der Waals surface area contributed by atoms with Crippen LogP contribution in [0.3, 0.4) is 0 Å². The van der Waals surface area contributed by atoms with Gasteiger partial charge in [0, 0.05) is 24.2 Å². The molecule has 0 radical (unpaired) electrons. The average Bonchev–Trinajstić information content (AvgIpc) is 2.43. The molecule has 0 spiro atoms. The van der Waals surface area contributed by atoms with Crippen molar-refractivity contribution in [3.63, 3.8) is 0 Å². The number of halogens is 1. The molecule has 21 heavy (non-hydrogen) atoms. The summed E-state index contributed by atoms with van der Waals surface area (Å²) in [5.74, 6) is 0. The minimum absolute atomic E-state index is 0.0181. The maximum absolute atomic E-state index is 11.9. The van der Waals surface area contributed by atoms with E-state index in [0.717, 1.165) is 24.5 Å². The number of rotatable bonds is 1. The lowest BCUT2D eigenvalue weighted by Gasteiger charge is -2.24. The van der Waals surface area contributed by atoms with Gasteiger partial charge in [-0.1, -0.05) is 17.7 Å². The van der Waals surface area contributed by atoms with Gasteiger partial charge in [0.1, 0.15) is 5.60 Å². The highest BCUT2D eigenvalue weighted by atomic mass is 35.5. The molecule has 5 heteroatoms. The fourth-order valence-electron chi connectivity index (χ4n) is 2.57. The lowest BCUT2D eigenvalue weighted by Crippen LogP contribution is -2.44. The van der Waals surface area contributed by atoms with Crippen LogP contribution >= 0.6 is 11.6 Å². The number of alkyl carbamates (subject to hydrolysis) is 1. The van der Waals surface area contributed by atoms with Crippen LogP contribution in [0.2, 0.25) is 5.02 Å². The summed E-state index contributed by atoms with van der Waals surface area (Å²) in [5, 5.41) is 3.69. The first-order valence-electron chi connectivity index (χ1n) is 7.18. The molecule has 1 aromatic carbocycles. The van der Waals surface area contributed by atoms with Gasteiger partial charge < -0.3 is 15.0 Å². The third-order valence-corrected chi connectivity index (χ3v) is 3.56.